The van der Waals surface area contributed by atoms with E-state index in [1.165, 1.54) is 6.07 Å². The second-order valence-corrected chi connectivity index (χ2v) is 3.61. The quantitative estimate of drug-likeness (QED) is 0.687. The lowest BCUT2D eigenvalue weighted by atomic mass is 10.1. The molecule has 0 aliphatic rings. The number of rotatable bonds is 3. The van der Waals surface area contributed by atoms with Crippen molar-refractivity contribution in [1.29, 1.82) is 0 Å². The molecule has 0 aliphatic carbocycles. The molecule has 0 aliphatic heterocycles. The molecule has 0 spiro atoms. The molecule has 4 nitrogen and oxygen atoms in total. The number of nitrogens with two attached hydrogens (primary N) is 1. The van der Waals surface area contributed by atoms with Crippen molar-refractivity contribution in [2.75, 3.05) is 6.54 Å². The van der Waals surface area contributed by atoms with E-state index < -0.39 is 0 Å². The van der Waals surface area contributed by atoms with Crippen LogP contribution in [-0.4, -0.2) is 23.6 Å². The molecule has 0 radical (unpaired) electrons. The summed E-state index contributed by atoms with van der Waals surface area (Å²) in [6.07, 6.45) is 0. The Bertz CT molecular complexity index is 364. The Morgan fingerprint density at radius 1 is 1.60 bits per heavy atom. The molecule has 0 saturated carbocycles. The maximum Gasteiger partial charge on any atom is 0.251 e. The second-order valence-electron chi connectivity index (χ2n) is 3.61. The molecule has 4 heteroatoms. The van der Waals surface area contributed by atoms with Crippen LogP contribution < -0.4 is 11.1 Å². The van der Waals surface area contributed by atoms with Gasteiger partial charge in [-0.3, -0.25) is 4.79 Å². The van der Waals surface area contributed by atoms with Crippen LogP contribution in [0.3, 0.4) is 0 Å². The van der Waals surface area contributed by atoms with Crippen LogP contribution >= 0.6 is 0 Å². The van der Waals surface area contributed by atoms with Gasteiger partial charge >= 0.3 is 0 Å². The van der Waals surface area contributed by atoms with E-state index in [9.17, 15) is 9.90 Å². The molecule has 0 saturated heterocycles. The van der Waals surface area contributed by atoms with Crippen LogP contribution in [0.1, 0.15) is 22.8 Å². The highest BCUT2D eigenvalue weighted by atomic mass is 16.3. The number of phenolic OH excluding ortho intramolecular Hbond substituents is 1. The zero-order valence-electron chi connectivity index (χ0n) is 8.95. The number of hydrogen-bond acceptors (Lipinski definition) is 3. The van der Waals surface area contributed by atoms with Gasteiger partial charge in [0.15, 0.2) is 0 Å². The molecule has 0 aromatic heterocycles. The molecule has 0 fully saturated rings. The van der Waals surface area contributed by atoms with Crippen LogP contribution in [0, 0.1) is 6.92 Å². The standard InChI is InChI=1S/C11H16N2O2/c1-7-3-4-9(5-10(7)14)11(15)13-8(2)6-12/h3-5,8,14H,6,12H2,1-2H3,(H,13,15)/t8-/m1/s1. The summed E-state index contributed by atoms with van der Waals surface area (Å²) in [5, 5.41) is 12.2. The first-order chi connectivity index (χ1) is 7.04. The summed E-state index contributed by atoms with van der Waals surface area (Å²) in [4.78, 5) is 11.6. The van der Waals surface area contributed by atoms with Crippen molar-refractivity contribution >= 4 is 5.91 Å². The molecule has 4 N–H and O–H groups in total. The van der Waals surface area contributed by atoms with Gasteiger partial charge in [0.25, 0.3) is 5.91 Å². The minimum absolute atomic E-state index is 0.0686. The molecule has 1 atom stereocenters. The molecule has 1 aromatic carbocycles. The van der Waals surface area contributed by atoms with Gasteiger partial charge in [-0.2, -0.15) is 0 Å². The highest BCUT2D eigenvalue weighted by Gasteiger charge is 2.09. The fourth-order valence-corrected chi connectivity index (χ4v) is 1.12. The van der Waals surface area contributed by atoms with Gasteiger partial charge in [-0.1, -0.05) is 6.07 Å². The first kappa shape index (κ1) is 11.5. The number of carbonyl (C=O) groups is 1. The number of nitrogens with one attached hydrogen (secondary N) is 1. The molecule has 0 unspecified atom stereocenters. The fraction of sp³-hybridized carbons (Fsp3) is 0.364. The van der Waals surface area contributed by atoms with Gasteiger partial charge in [-0.25, -0.2) is 0 Å². The fourth-order valence-electron chi connectivity index (χ4n) is 1.12. The van der Waals surface area contributed by atoms with Gasteiger partial charge < -0.3 is 16.2 Å². The van der Waals surface area contributed by atoms with Gasteiger partial charge in [-0.05, 0) is 31.5 Å². The Labute approximate surface area is 89.1 Å². The molecule has 1 amide bonds. The third-order valence-electron chi connectivity index (χ3n) is 2.20. The summed E-state index contributed by atoms with van der Waals surface area (Å²) in [6, 6.07) is 4.76. The Hall–Kier alpha value is -1.55. The van der Waals surface area contributed by atoms with Crippen molar-refractivity contribution in [3.8, 4) is 5.75 Å². The summed E-state index contributed by atoms with van der Waals surface area (Å²) < 4.78 is 0. The Morgan fingerprint density at radius 2 is 2.27 bits per heavy atom. The monoisotopic (exact) mass is 208 g/mol. The lowest BCUT2D eigenvalue weighted by Crippen LogP contribution is -2.37. The van der Waals surface area contributed by atoms with Crippen LogP contribution in [0.5, 0.6) is 5.75 Å². The number of carbonyl (C=O) groups excluding carboxylic acids is 1. The van der Waals surface area contributed by atoms with Crippen molar-refractivity contribution in [3.63, 3.8) is 0 Å². The first-order valence-electron chi connectivity index (χ1n) is 4.85. The van der Waals surface area contributed by atoms with Crippen LogP contribution in [0.4, 0.5) is 0 Å². The lowest BCUT2D eigenvalue weighted by Gasteiger charge is -2.11. The van der Waals surface area contributed by atoms with E-state index in [2.05, 4.69) is 5.32 Å². The van der Waals surface area contributed by atoms with E-state index in [0.717, 1.165) is 5.56 Å². The number of benzene rings is 1. The molecular weight excluding hydrogens is 192 g/mol. The highest BCUT2D eigenvalue weighted by Crippen LogP contribution is 2.17. The largest absolute Gasteiger partial charge is 0.508 e. The Kier molecular flexibility index (Phi) is 3.68. The number of phenols is 1. The number of hydrogen-bond donors (Lipinski definition) is 3. The predicted octanol–water partition coefficient (Wildman–Crippen LogP) is 0.778. The minimum atomic E-state index is -0.219. The normalized spacial score (nSPS) is 12.2. The van der Waals surface area contributed by atoms with Gasteiger partial charge in [0.05, 0.1) is 0 Å². The van der Waals surface area contributed by atoms with Gasteiger partial charge in [0.2, 0.25) is 0 Å². The van der Waals surface area contributed by atoms with Crippen molar-refractivity contribution in [1.82, 2.24) is 5.32 Å². The van der Waals surface area contributed by atoms with Crippen LogP contribution in [0.2, 0.25) is 0 Å². The zero-order valence-corrected chi connectivity index (χ0v) is 8.95. The van der Waals surface area contributed by atoms with Crippen LogP contribution in [-0.2, 0) is 0 Å². The number of aryl methyl sites for hydroxylation is 1. The Morgan fingerprint density at radius 3 is 2.80 bits per heavy atom. The molecule has 1 aromatic rings. The first-order valence-corrected chi connectivity index (χ1v) is 4.85. The molecule has 1 rings (SSSR count). The summed E-state index contributed by atoms with van der Waals surface area (Å²) in [7, 11) is 0. The third-order valence-corrected chi connectivity index (χ3v) is 2.20. The average molecular weight is 208 g/mol. The van der Waals surface area contributed by atoms with E-state index in [-0.39, 0.29) is 17.7 Å². The van der Waals surface area contributed by atoms with Crippen molar-refractivity contribution in [3.05, 3.63) is 29.3 Å². The average Bonchev–Trinajstić information content (AvgIpc) is 2.21. The summed E-state index contributed by atoms with van der Waals surface area (Å²) in [5.41, 5.74) is 6.58. The molecule has 15 heavy (non-hydrogen) atoms. The van der Waals surface area contributed by atoms with Crippen LogP contribution in [0.25, 0.3) is 0 Å². The number of amides is 1. The third kappa shape index (κ3) is 2.95. The van der Waals surface area contributed by atoms with E-state index >= 15 is 0 Å². The molecule has 0 bridgehead atoms. The highest BCUT2D eigenvalue weighted by molar-refractivity contribution is 5.94. The van der Waals surface area contributed by atoms with Gasteiger partial charge in [-0.15, -0.1) is 0 Å². The summed E-state index contributed by atoms with van der Waals surface area (Å²) >= 11 is 0. The van der Waals surface area contributed by atoms with E-state index in [4.69, 9.17) is 5.73 Å². The topological polar surface area (TPSA) is 75.4 Å². The summed E-state index contributed by atoms with van der Waals surface area (Å²) in [5.74, 6) is -0.0914. The zero-order chi connectivity index (χ0) is 11.4. The van der Waals surface area contributed by atoms with Crippen LogP contribution in [0.15, 0.2) is 18.2 Å². The van der Waals surface area contributed by atoms with E-state index in [1.54, 1.807) is 19.1 Å². The number of aromatic hydroxyl groups is 1. The van der Waals surface area contributed by atoms with Crippen molar-refractivity contribution in [2.24, 2.45) is 5.73 Å². The second kappa shape index (κ2) is 4.79. The SMILES string of the molecule is Cc1ccc(C(=O)N[C@H](C)CN)cc1O. The Balaban J connectivity index is 2.78. The van der Waals surface area contributed by atoms with Gasteiger partial charge in [0.1, 0.15) is 5.75 Å². The predicted molar refractivity (Wildman–Crippen MR) is 58.8 cm³/mol. The molecule has 0 heterocycles. The smallest absolute Gasteiger partial charge is 0.251 e. The van der Waals surface area contributed by atoms with Crippen molar-refractivity contribution < 1.29 is 9.90 Å². The summed E-state index contributed by atoms with van der Waals surface area (Å²) in [6.45, 7) is 4.00. The lowest BCUT2D eigenvalue weighted by molar-refractivity contribution is 0.0941. The van der Waals surface area contributed by atoms with E-state index in [1.807, 2.05) is 6.92 Å². The maximum absolute atomic E-state index is 11.6. The van der Waals surface area contributed by atoms with E-state index in [0.29, 0.717) is 12.1 Å². The maximum atomic E-state index is 11.6. The van der Waals surface area contributed by atoms with Gasteiger partial charge in [0, 0.05) is 18.2 Å². The molecule has 82 valence electrons. The van der Waals surface area contributed by atoms with Crippen molar-refractivity contribution in [2.45, 2.75) is 19.9 Å². The molecular formula is C11H16N2O2. The minimum Gasteiger partial charge on any atom is -0.508 e.